The van der Waals surface area contributed by atoms with E-state index in [-0.39, 0.29) is 18.2 Å². The first-order valence-corrected chi connectivity index (χ1v) is 7.39. The number of nitrogens with one attached hydrogen (secondary N) is 1. The van der Waals surface area contributed by atoms with Crippen LogP contribution in [0.15, 0.2) is 11.4 Å². The van der Waals surface area contributed by atoms with Gasteiger partial charge in [0.15, 0.2) is 0 Å². The zero-order valence-corrected chi connectivity index (χ0v) is 12.6. The lowest BCUT2D eigenvalue weighted by Gasteiger charge is -2.17. The van der Waals surface area contributed by atoms with Gasteiger partial charge in [-0.2, -0.15) is 0 Å². The molecule has 6 heteroatoms. The summed E-state index contributed by atoms with van der Waals surface area (Å²) in [7, 11) is 0. The summed E-state index contributed by atoms with van der Waals surface area (Å²) in [4.78, 5) is 23.1. The Bertz CT molecular complexity index is 445. The molecule has 1 heterocycles. The number of thiophene rings is 1. The summed E-state index contributed by atoms with van der Waals surface area (Å²) in [5.41, 5.74) is 0. The minimum absolute atomic E-state index is 0.0554. The number of halogens is 1. The number of amides is 1. The Morgan fingerprint density at radius 3 is 2.63 bits per heavy atom. The molecule has 0 saturated carbocycles. The second-order valence-electron chi connectivity index (χ2n) is 4.90. The van der Waals surface area contributed by atoms with Crippen molar-refractivity contribution in [3.05, 3.63) is 21.3 Å². The van der Waals surface area contributed by atoms with Crippen LogP contribution in [-0.2, 0) is 4.79 Å². The molecule has 106 valence electrons. The van der Waals surface area contributed by atoms with Crippen LogP contribution in [0.25, 0.3) is 0 Å². The number of carbonyl (C=O) groups excluding carboxylic acids is 1. The molecule has 2 N–H and O–H groups in total. The predicted molar refractivity (Wildman–Crippen MR) is 76.9 cm³/mol. The molecule has 1 atom stereocenters. The van der Waals surface area contributed by atoms with Crippen molar-refractivity contribution in [2.75, 3.05) is 6.54 Å². The highest BCUT2D eigenvalue weighted by Gasteiger charge is 2.18. The maximum absolute atomic E-state index is 11.9. The molecule has 0 radical (unpaired) electrons. The molecule has 1 aromatic rings. The van der Waals surface area contributed by atoms with Crippen LogP contribution in [0.2, 0.25) is 5.02 Å². The van der Waals surface area contributed by atoms with Crippen LogP contribution < -0.4 is 5.32 Å². The topological polar surface area (TPSA) is 66.4 Å². The Kier molecular flexibility index (Phi) is 6.31. The minimum atomic E-state index is -0.839. The van der Waals surface area contributed by atoms with Gasteiger partial charge in [-0.3, -0.25) is 9.59 Å². The van der Waals surface area contributed by atoms with Crippen LogP contribution in [-0.4, -0.2) is 23.5 Å². The monoisotopic (exact) mass is 303 g/mol. The van der Waals surface area contributed by atoms with Crippen LogP contribution in [0.3, 0.4) is 0 Å². The van der Waals surface area contributed by atoms with Crippen LogP contribution >= 0.6 is 22.9 Å². The molecular formula is C13H18ClNO3S. The summed E-state index contributed by atoms with van der Waals surface area (Å²) in [6, 6.07) is 1.67. The molecule has 0 bridgehead atoms. The normalized spacial score (nSPS) is 12.4. The molecular weight excluding hydrogens is 286 g/mol. The number of hydrogen-bond acceptors (Lipinski definition) is 3. The first-order chi connectivity index (χ1) is 8.90. The van der Waals surface area contributed by atoms with Crippen LogP contribution in [0.1, 0.15) is 36.4 Å². The lowest BCUT2D eigenvalue weighted by molar-refractivity contribution is -0.138. The van der Waals surface area contributed by atoms with E-state index in [0.717, 1.165) is 6.42 Å². The molecule has 0 aliphatic rings. The molecule has 0 saturated heterocycles. The molecule has 4 nitrogen and oxygen atoms in total. The van der Waals surface area contributed by atoms with Gasteiger partial charge in [-0.05, 0) is 29.7 Å². The summed E-state index contributed by atoms with van der Waals surface area (Å²) < 4.78 is 0. The predicted octanol–water partition coefficient (Wildman–Crippen LogP) is 3.27. The van der Waals surface area contributed by atoms with E-state index in [9.17, 15) is 9.59 Å². The Morgan fingerprint density at radius 2 is 2.16 bits per heavy atom. The van der Waals surface area contributed by atoms with E-state index in [1.807, 2.05) is 13.8 Å². The molecule has 1 aromatic heterocycles. The number of rotatable bonds is 7. The standard InChI is InChI=1S/C13H18ClNO3S/c1-8(2)5-9(6-11(16)17)7-15-13(18)12-10(14)3-4-19-12/h3-4,8-9H,5-7H2,1-2H3,(H,15,18)(H,16,17)/t9-/m0/s1. The molecule has 0 fully saturated rings. The van der Waals surface area contributed by atoms with Gasteiger partial charge in [0.2, 0.25) is 0 Å². The zero-order chi connectivity index (χ0) is 14.4. The molecule has 0 spiro atoms. The highest BCUT2D eigenvalue weighted by Crippen LogP contribution is 2.22. The van der Waals surface area contributed by atoms with E-state index in [0.29, 0.717) is 22.4 Å². The molecule has 0 aliphatic carbocycles. The number of carboxylic acid groups (broad SMARTS) is 1. The van der Waals surface area contributed by atoms with Crippen LogP contribution in [0.4, 0.5) is 0 Å². The fraction of sp³-hybridized carbons (Fsp3) is 0.538. The summed E-state index contributed by atoms with van der Waals surface area (Å²) in [5.74, 6) is -0.736. The Balaban J connectivity index is 2.53. The van der Waals surface area contributed by atoms with Gasteiger partial charge in [-0.1, -0.05) is 25.4 Å². The quantitative estimate of drug-likeness (QED) is 0.812. The van der Waals surface area contributed by atoms with E-state index in [4.69, 9.17) is 16.7 Å². The van der Waals surface area contributed by atoms with Crippen molar-refractivity contribution in [3.8, 4) is 0 Å². The van der Waals surface area contributed by atoms with Gasteiger partial charge in [0.1, 0.15) is 4.88 Å². The van der Waals surface area contributed by atoms with Crippen molar-refractivity contribution in [2.24, 2.45) is 11.8 Å². The third kappa shape index (κ3) is 5.61. The van der Waals surface area contributed by atoms with E-state index >= 15 is 0 Å². The van der Waals surface area contributed by atoms with Gasteiger partial charge in [0.25, 0.3) is 5.91 Å². The molecule has 0 aromatic carbocycles. The van der Waals surface area contributed by atoms with Crippen LogP contribution in [0, 0.1) is 11.8 Å². The smallest absolute Gasteiger partial charge is 0.303 e. The van der Waals surface area contributed by atoms with Gasteiger partial charge in [-0.15, -0.1) is 11.3 Å². The highest BCUT2D eigenvalue weighted by molar-refractivity contribution is 7.12. The second kappa shape index (κ2) is 7.50. The number of hydrogen-bond donors (Lipinski definition) is 2. The molecule has 0 aliphatic heterocycles. The van der Waals surface area contributed by atoms with Gasteiger partial charge in [0, 0.05) is 13.0 Å². The largest absolute Gasteiger partial charge is 0.481 e. The second-order valence-corrected chi connectivity index (χ2v) is 6.22. The summed E-state index contributed by atoms with van der Waals surface area (Å²) >= 11 is 7.15. The minimum Gasteiger partial charge on any atom is -0.481 e. The van der Waals surface area contributed by atoms with E-state index in [1.54, 1.807) is 11.4 Å². The third-order valence-electron chi connectivity index (χ3n) is 2.64. The lowest BCUT2D eigenvalue weighted by atomic mass is 9.94. The van der Waals surface area contributed by atoms with E-state index < -0.39 is 5.97 Å². The molecule has 0 unspecified atom stereocenters. The summed E-state index contributed by atoms with van der Waals surface area (Å²) in [5, 5.41) is 13.8. The van der Waals surface area contributed by atoms with Crippen molar-refractivity contribution in [1.29, 1.82) is 0 Å². The van der Waals surface area contributed by atoms with Crippen LogP contribution in [0.5, 0.6) is 0 Å². The molecule has 1 amide bonds. The SMILES string of the molecule is CC(C)C[C@H](CNC(=O)c1sccc1Cl)CC(=O)O. The maximum atomic E-state index is 11.9. The van der Waals surface area contributed by atoms with Gasteiger partial charge in [-0.25, -0.2) is 0 Å². The first kappa shape index (κ1) is 16.0. The number of aliphatic carboxylic acids is 1. The van der Waals surface area contributed by atoms with Gasteiger partial charge < -0.3 is 10.4 Å². The van der Waals surface area contributed by atoms with Crippen molar-refractivity contribution in [1.82, 2.24) is 5.32 Å². The summed E-state index contributed by atoms with van der Waals surface area (Å²) in [6.45, 7) is 4.43. The molecule has 1 rings (SSSR count). The van der Waals surface area contributed by atoms with E-state index in [1.165, 1.54) is 11.3 Å². The number of carbonyl (C=O) groups is 2. The highest BCUT2D eigenvalue weighted by atomic mass is 35.5. The van der Waals surface area contributed by atoms with Gasteiger partial charge in [0.05, 0.1) is 5.02 Å². The molecule has 19 heavy (non-hydrogen) atoms. The lowest BCUT2D eigenvalue weighted by Crippen LogP contribution is -2.30. The third-order valence-corrected chi connectivity index (χ3v) is 3.98. The van der Waals surface area contributed by atoms with Crippen molar-refractivity contribution in [2.45, 2.75) is 26.7 Å². The average Bonchev–Trinajstić information content (AvgIpc) is 2.70. The first-order valence-electron chi connectivity index (χ1n) is 6.13. The van der Waals surface area contributed by atoms with Crippen molar-refractivity contribution < 1.29 is 14.7 Å². The van der Waals surface area contributed by atoms with Gasteiger partial charge >= 0.3 is 5.97 Å². The Hall–Kier alpha value is -1.07. The average molecular weight is 304 g/mol. The summed E-state index contributed by atoms with van der Waals surface area (Å²) in [6.07, 6.45) is 0.835. The van der Waals surface area contributed by atoms with Crippen molar-refractivity contribution >= 4 is 34.8 Å². The Morgan fingerprint density at radius 1 is 1.47 bits per heavy atom. The fourth-order valence-corrected chi connectivity index (χ4v) is 2.98. The van der Waals surface area contributed by atoms with Crippen molar-refractivity contribution in [3.63, 3.8) is 0 Å². The fourth-order valence-electron chi connectivity index (χ4n) is 1.93. The zero-order valence-electron chi connectivity index (χ0n) is 11.0. The Labute approximate surface area is 121 Å². The van der Waals surface area contributed by atoms with E-state index in [2.05, 4.69) is 5.32 Å². The number of carboxylic acids is 1. The maximum Gasteiger partial charge on any atom is 0.303 e.